The van der Waals surface area contributed by atoms with E-state index in [2.05, 4.69) is 39.7 Å². The quantitative estimate of drug-likeness (QED) is 0.619. The van der Waals surface area contributed by atoms with Crippen molar-refractivity contribution < 1.29 is 4.79 Å². The second-order valence-electron chi connectivity index (χ2n) is 7.67. The third kappa shape index (κ3) is 5.22. The van der Waals surface area contributed by atoms with Crippen LogP contribution in [0.15, 0.2) is 96.1 Å². The predicted molar refractivity (Wildman–Crippen MR) is 121 cm³/mol. The summed E-state index contributed by atoms with van der Waals surface area (Å²) >= 11 is 0. The average Bonchev–Trinajstić information content (AvgIpc) is 2.81. The predicted octanol–water partition coefficient (Wildman–Crippen LogP) is 4.59. The Balaban J connectivity index is 1.38. The fraction of sp³-hybridized carbons (Fsp3) is 0.231. The highest BCUT2D eigenvalue weighted by Crippen LogP contribution is 2.24. The Hall–Kier alpha value is -3.24. The molecule has 1 amide bonds. The van der Waals surface area contributed by atoms with Crippen LogP contribution in [0.25, 0.3) is 0 Å². The van der Waals surface area contributed by atoms with E-state index in [-0.39, 0.29) is 11.8 Å². The molecule has 30 heavy (non-hydrogen) atoms. The number of hydrogen-bond acceptors (Lipinski definition) is 3. The fourth-order valence-corrected chi connectivity index (χ4v) is 3.91. The number of amides is 1. The Morgan fingerprint density at radius 3 is 1.83 bits per heavy atom. The summed E-state index contributed by atoms with van der Waals surface area (Å²) in [5.74, 6) is -0.457. The highest BCUT2D eigenvalue weighted by Gasteiger charge is 2.23. The van der Waals surface area contributed by atoms with Crippen molar-refractivity contribution in [1.29, 1.82) is 0 Å². The number of nitrogens with one attached hydrogen (secondary N) is 1. The molecular formula is C26H27N3O. The fourth-order valence-electron chi connectivity index (χ4n) is 3.91. The van der Waals surface area contributed by atoms with E-state index in [4.69, 9.17) is 0 Å². The second kappa shape index (κ2) is 9.99. The summed E-state index contributed by atoms with van der Waals surface area (Å²) < 4.78 is 0. The molecule has 4 heteroatoms. The average molecular weight is 398 g/mol. The Morgan fingerprint density at radius 2 is 1.30 bits per heavy atom. The monoisotopic (exact) mass is 397 g/mol. The molecule has 3 aromatic rings. The maximum Gasteiger partial charge on any atom is 0.252 e. The van der Waals surface area contributed by atoms with Crippen LogP contribution in [0.1, 0.15) is 35.4 Å². The lowest BCUT2D eigenvalue weighted by molar-refractivity contribution is -0.121. The van der Waals surface area contributed by atoms with Crippen LogP contribution in [0.2, 0.25) is 0 Å². The van der Waals surface area contributed by atoms with Gasteiger partial charge >= 0.3 is 0 Å². The number of piperidine rings is 1. The van der Waals surface area contributed by atoms with Crippen LogP contribution in [-0.4, -0.2) is 29.6 Å². The Labute approximate surface area is 178 Å². The van der Waals surface area contributed by atoms with Crippen LogP contribution >= 0.6 is 0 Å². The summed E-state index contributed by atoms with van der Waals surface area (Å²) in [4.78, 5) is 15.5. The molecular weight excluding hydrogens is 370 g/mol. The number of hydrazone groups is 1. The van der Waals surface area contributed by atoms with Gasteiger partial charge in [0, 0.05) is 38.2 Å². The van der Waals surface area contributed by atoms with E-state index in [0.29, 0.717) is 0 Å². The summed E-state index contributed by atoms with van der Waals surface area (Å²) in [5.41, 5.74) is 7.18. The van der Waals surface area contributed by atoms with Crippen molar-refractivity contribution in [2.24, 2.45) is 5.10 Å². The van der Waals surface area contributed by atoms with E-state index in [1.807, 2.05) is 66.7 Å². The Kier molecular flexibility index (Phi) is 6.68. The molecule has 0 aromatic heterocycles. The highest BCUT2D eigenvalue weighted by atomic mass is 16.2. The molecule has 0 unspecified atom stereocenters. The molecule has 1 aliphatic heterocycles. The van der Waals surface area contributed by atoms with Crippen LogP contribution in [-0.2, 0) is 11.3 Å². The number of hydrogen-bond donors (Lipinski definition) is 1. The van der Waals surface area contributed by atoms with Crippen molar-refractivity contribution in [3.8, 4) is 0 Å². The summed E-state index contributed by atoms with van der Waals surface area (Å²) in [5, 5.41) is 4.49. The number of benzene rings is 3. The molecule has 0 radical (unpaired) electrons. The third-order valence-electron chi connectivity index (χ3n) is 5.53. The van der Waals surface area contributed by atoms with Crippen molar-refractivity contribution in [1.82, 2.24) is 10.3 Å². The summed E-state index contributed by atoms with van der Waals surface area (Å²) in [6.07, 6.45) is 1.77. The zero-order valence-corrected chi connectivity index (χ0v) is 17.1. The van der Waals surface area contributed by atoms with Gasteiger partial charge in [-0.05, 0) is 16.7 Å². The normalized spacial score (nSPS) is 14.5. The van der Waals surface area contributed by atoms with E-state index in [9.17, 15) is 4.79 Å². The van der Waals surface area contributed by atoms with Crippen LogP contribution in [0.5, 0.6) is 0 Å². The second-order valence-corrected chi connectivity index (χ2v) is 7.67. The smallest absolute Gasteiger partial charge is 0.252 e. The van der Waals surface area contributed by atoms with Gasteiger partial charge in [-0.2, -0.15) is 5.10 Å². The maximum atomic E-state index is 13.1. The maximum absolute atomic E-state index is 13.1. The first-order chi connectivity index (χ1) is 14.8. The number of carbonyl (C=O) groups excluding carboxylic acids is 1. The molecule has 1 aliphatic rings. The zero-order valence-electron chi connectivity index (χ0n) is 17.1. The van der Waals surface area contributed by atoms with Crippen LogP contribution in [0.4, 0.5) is 0 Å². The number of carbonyl (C=O) groups is 1. The minimum absolute atomic E-state index is 0.0911. The summed E-state index contributed by atoms with van der Waals surface area (Å²) in [7, 11) is 0. The largest absolute Gasteiger partial charge is 0.298 e. The molecule has 0 spiro atoms. The molecule has 152 valence electrons. The van der Waals surface area contributed by atoms with Gasteiger partial charge in [0.25, 0.3) is 5.91 Å². The van der Waals surface area contributed by atoms with Crippen LogP contribution in [0, 0.1) is 0 Å². The van der Waals surface area contributed by atoms with E-state index in [1.165, 1.54) is 5.56 Å². The van der Waals surface area contributed by atoms with Gasteiger partial charge in [-0.1, -0.05) is 91.0 Å². The molecule has 0 bridgehead atoms. The van der Waals surface area contributed by atoms with Crippen molar-refractivity contribution in [2.45, 2.75) is 25.3 Å². The molecule has 1 heterocycles. The van der Waals surface area contributed by atoms with Gasteiger partial charge in [0.2, 0.25) is 0 Å². The van der Waals surface area contributed by atoms with Gasteiger partial charge < -0.3 is 0 Å². The number of rotatable bonds is 6. The first-order valence-corrected chi connectivity index (χ1v) is 10.5. The van der Waals surface area contributed by atoms with Crippen molar-refractivity contribution in [3.05, 3.63) is 108 Å². The molecule has 1 N–H and O–H groups in total. The lowest BCUT2D eigenvalue weighted by Crippen LogP contribution is -2.35. The van der Waals surface area contributed by atoms with Crippen molar-refractivity contribution in [2.75, 3.05) is 13.1 Å². The molecule has 0 aliphatic carbocycles. The minimum atomic E-state index is -0.366. The molecule has 1 saturated heterocycles. The number of likely N-dealkylation sites (tertiary alicyclic amines) is 1. The van der Waals surface area contributed by atoms with Gasteiger partial charge in [0.15, 0.2) is 0 Å². The van der Waals surface area contributed by atoms with Gasteiger partial charge in [-0.25, -0.2) is 5.43 Å². The summed E-state index contributed by atoms with van der Waals surface area (Å²) in [6, 6.07) is 30.3. The van der Waals surface area contributed by atoms with Gasteiger partial charge in [0.1, 0.15) is 0 Å². The van der Waals surface area contributed by atoms with E-state index < -0.39 is 0 Å². The van der Waals surface area contributed by atoms with Gasteiger partial charge in [0.05, 0.1) is 5.92 Å². The lowest BCUT2D eigenvalue weighted by Gasteiger charge is -2.27. The van der Waals surface area contributed by atoms with Gasteiger partial charge in [-0.15, -0.1) is 0 Å². The first kappa shape index (κ1) is 20.0. The van der Waals surface area contributed by atoms with Crippen LogP contribution in [0.3, 0.4) is 0 Å². The van der Waals surface area contributed by atoms with E-state index >= 15 is 0 Å². The molecule has 4 rings (SSSR count). The topological polar surface area (TPSA) is 44.7 Å². The first-order valence-electron chi connectivity index (χ1n) is 10.5. The summed E-state index contributed by atoms with van der Waals surface area (Å²) in [6.45, 7) is 2.89. The molecule has 4 nitrogen and oxygen atoms in total. The Morgan fingerprint density at radius 1 is 0.800 bits per heavy atom. The van der Waals surface area contributed by atoms with Crippen molar-refractivity contribution in [3.63, 3.8) is 0 Å². The zero-order chi connectivity index (χ0) is 20.6. The van der Waals surface area contributed by atoms with E-state index in [1.54, 1.807) is 0 Å². The Bertz CT molecular complexity index is 921. The van der Waals surface area contributed by atoms with Crippen molar-refractivity contribution >= 4 is 11.6 Å². The molecule has 0 saturated carbocycles. The minimum Gasteiger partial charge on any atom is -0.298 e. The SMILES string of the molecule is O=C(NN=C1CCN(Cc2ccccc2)CC1)C(c1ccccc1)c1ccccc1. The number of nitrogens with zero attached hydrogens (tertiary/aromatic N) is 2. The molecule has 1 fully saturated rings. The molecule has 3 aromatic carbocycles. The highest BCUT2D eigenvalue weighted by molar-refractivity contribution is 5.90. The van der Waals surface area contributed by atoms with Gasteiger partial charge in [-0.3, -0.25) is 9.69 Å². The standard InChI is InChI=1S/C26H27N3O/c30-26(25(22-12-6-2-7-13-22)23-14-8-3-9-15-23)28-27-24-16-18-29(19-17-24)20-21-10-4-1-5-11-21/h1-15,25H,16-20H2,(H,28,30). The third-order valence-corrected chi connectivity index (χ3v) is 5.53. The van der Waals surface area contributed by atoms with E-state index in [0.717, 1.165) is 49.3 Å². The molecule has 0 atom stereocenters. The lowest BCUT2D eigenvalue weighted by atomic mass is 9.91. The van der Waals surface area contributed by atoms with Crippen LogP contribution < -0.4 is 5.43 Å².